The second-order valence-electron chi connectivity index (χ2n) is 5.91. The number of benzene rings is 1. The van der Waals surface area contributed by atoms with E-state index in [1.807, 2.05) is 6.92 Å². The summed E-state index contributed by atoms with van der Waals surface area (Å²) in [4.78, 5) is 12.0. The SMILES string of the molecule is CCNC(=NCc1noc(C)n1)NCCc1c[nH]c2cccc(C)c12. The van der Waals surface area contributed by atoms with Crippen LogP contribution in [0, 0.1) is 13.8 Å². The third kappa shape index (κ3) is 4.17. The van der Waals surface area contributed by atoms with E-state index in [-0.39, 0.29) is 0 Å². The molecule has 0 unspecified atom stereocenters. The Labute approximate surface area is 146 Å². The largest absolute Gasteiger partial charge is 0.361 e. The van der Waals surface area contributed by atoms with Crippen LogP contribution in [0.4, 0.5) is 0 Å². The zero-order chi connectivity index (χ0) is 17.6. The number of aromatic amines is 1. The van der Waals surface area contributed by atoms with Crippen molar-refractivity contribution in [1.82, 2.24) is 25.8 Å². The fourth-order valence-corrected chi connectivity index (χ4v) is 2.86. The molecule has 0 saturated heterocycles. The molecule has 3 rings (SSSR count). The highest BCUT2D eigenvalue weighted by atomic mass is 16.5. The first kappa shape index (κ1) is 17.0. The number of hydrogen-bond acceptors (Lipinski definition) is 4. The molecular formula is C18H24N6O. The minimum Gasteiger partial charge on any atom is -0.361 e. The van der Waals surface area contributed by atoms with Gasteiger partial charge in [-0.05, 0) is 37.5 Å². The van der Waals surface area contributed by atoms with Gasteiger partial charge in [-0.15, -0.1) is 0 Å². The first-order valence-corrected chi connectivity index (χ1v) is 8.54. The Hall–Kier alpha value is -2.83. The highest BCUT2D eigenvalue weighted by Crippen LogP contribution is 2.22. The monoisotopic (exact) mass is 340 g/mol. The zero-order valence-electron chi connectivity index (χ0n) is 14.9. The van der Waals surface area contributed by atoms with Gasteiger partial charge in [-0.25, -0.2) is 4.99 Å². The number of guanidine groups is 1. The number of rotatable bonds is 6. The lowest BCUT2D eigenvalue weighted by Gasteiger charge is -2.10. The van der Waals surface area contributed by atoms with Crippen molar-refractivity contribution in [3.8, 4) is 0 Å². The highest BCUT2D eigenvalue weighted by Gasteiger charge is 2.07. The van der Waals surface area contributed by atoms with E-state index in [0.29, 0.717) is 18.3 Å². The minimum atomic E-state index is 0.388. The van der Waals surface area contributed by atoms with Gasteiger partial charge in [-0.2, -0.15) is 4.98 Å². The third-order valence-electron chi connectivity index (χ3n) is 3.98. The summed E-state index contributed by atoms with van der Waals surface area (Å²) >= 11 is 0. The van der Waals surface area contributed by atoms with Gasteiger partial charge in [-0.1, -0.05) is 17.3 Å². The van der Waals surface area contributed by atoms with E-state index in [1.54, 1.807) is 6.92 Å². The maximum atomic E-state index is 4.96. The molecule has 0 radical (unpaired) electrons. The summed E-state index contributed by atoms with van der Waals surface area (Å²) in [6.45, 7) is 7.93. The molecule has 0 spiro atoms. The lowest BCUT2D eigenvalue weighted by atomic mass is 10.1. The fraction of sp³-hybridized carbons (Fsp3) is 0.389. The van der Waals surface area contributed by atoms with E-state index in [9.17, 15) is 0 Å². The van der Waals surface area contributed by atoms with E-state index in [2.05, 4.69) is 62.1 Å². The first-order chi connectivity index (χ1) is 12.2. The Balaban J connectivity index is 1.61. The molecule has 1 aromatic carbocycles. The predicted octanol–water partition coefficient (Wildman–Crippen LogP) is 2.47. The van der Waals surface area contributed by atoms with E-state index in [1.165, 1.54) is 22.0 Å². The van der Waals surface area contributed by atoms with Gasteiger partial charge in [-0.3, -0.25) is 0 Å². The van der Waals surface area contributed by atoms with Crippen molar-refractivity contribution in [2.45, 2.75) is 33.7 Å². The van der Waals surface area contributed by atoms with Crippen LogP contribution in [0.1, 0.15) is 29.8 Å². The molecule has 2 aromatic heterocycles. The van der Waals surface area contributed by atoms with Gasteiger partial charge in [0.15, 0.2) is 11.8 Å². The number of fused-ring (bicyclic) bond motifs is 1. The summed E-state index contributed by atoms with van der Waals surface area (Å²) in [6, 6.07) is 6.33. The highest BCUT2D eigenvalue weighted by molar-refractivity contribution is 5.86. The number of aliphatic imine (C=N–C) groups is 1. The number of nitrogens with one attached hydrogen (secondary N) is 3. The molecule has 7 nitrogen and oxygen atoms in total. The predicted molar refractivity (Wildman–Crippen MR) is 98.6 cm³/mol. The molecule has 3 N–H and O–H groups in total. The van der Waals surface area contributed by atoms with E-state index in [4.69, 9.17) is 4.52 Å². The maximum absolute atomic E-state index is 4.96. The van der Waals surface area contributed by atoms with Crippen LogP contribution in [0.25, 0.3) is 10.9 Å². The molecular weight excluding hydrogens is 316 g/mol. The Kier molecular flexibility index (Phi) is 5.33. The van der Waals surface area contributed by atoms with Crippen LogP contribution in [0.5, 0.6) is 0 Å². The summed E-state index contributed by atoms with van der Waals surface area (Å²) in [5.74, 6) is 1.89. The Morgan fingerprint density at radius 1 is 1.28 bits per heavy atom. The normalized spacial score (nSPS) is 11.9. The Morgan fingerprint density at radius 3 is 2.92 bits per heavy atom. The molecule has 3 aromatic rings. The van der Waals surface area contributed by atoms with Crippen molar-refractivity contribution < 1.29 is 4.52 Å². The van der Waals surface area contributed by atoms with E-state index >= 15 is 0 Å². The summed E-state index contributed by atoms with van der Waals surface area (Å²) in [6.07, 6.45) is 3.00. The minimum absolute atomic E-state index is 0.388. The van der Waals surface area contributed by atoms with Crippen LogP contribution in [0.2, 0.25) is 0 Å². The van der Waals surface area contributed by atoms with Gasteiger partial charge in [0.2, 0.25) is 5.89 Å². The Bertz CT molecular complexity index is 863. The van der Waals surface area contributed by atoms with Gasteiger partial charge < -0.3 is 20.1 Å². The molecule has 0 amide bonds. The second kappa shape index (κ2) is 7.83. The van der Waals surface area contributed by atoms with Crippen molar-refractivity contribution in [3.63, 3.8) is 0 Å². The molecule has 132 valence electrons. The van der Waals surface area contributed by atoms with Crippen molar-refractivity contribution in [2.24, 2.45) is 4.99 Å². The number of aromatic nitrogens is 3. The number of nitrogens with zero attached hydrogens (tertiary/aromatic N) is 3. The van der Waals surface area contributed by atoms with Gasteiger partial charge >= 0.3 is 0 Å². The third-order valence-corrected chi connectivity index (χ3v) is 3.98. The van der Waals surface area contributed by atoms with Crippen LogP contribution >= 0.6 is 0 Å². The number of aryl methyl sites for hydroxylation is 2. The van der Waals surface area contributed by atoms with Crippen molar-refractivity contribution in [3.05, 3.63) is 47.2 Å². The molecule has 7 heteroatoms. The van der Waals surface area contributed by atoms with E-state index < -0.39 is 0 Å². The average Bonchev–Trinajstić information content (AvgIpc) is 3.20. The van der Waals surface area contributed by atoms with Gasteiger partial charge in [0, 0.05) is 37.1 Å². The molecule has 0 aliphatic carbocycles. The molecule has 25 heavy (non-hydrogen) atoms. The van der Waals surface area contributed by atoms with Crippen LogP contribution in [-0.2, 0) is 13.0 Å². The summed E-state index contributed by atoms with van der Waals surface area (Å²) < 4.78 is 4.96. The molecule has 0 saturated carbocycles. The second-order valence-corrected chi connectivity index (χ2v) is 5.91. The number of H-pyrrole nitrogens is 1. The molecule has 0 fully saturated rings. The first-order valence-electron chi connectivity index (χ1n) is 8.54. The smallest absolute Gasteiger partial charge is 0.223 e. The lowest BCUT2D eigenvalue weighted by Crippen LogP contribution is -2.38. The molecule has 0 atom stereocenters. The molecule has 2 heterocycles. The van der Waals surface area contributed by atoms with E-state index in [0.717, 1.165) is 25.5 Å². The van der Waals surface area contributed by atoms with Crippen molar-refractivity contribution >= 4 is 16.9 Å². The molecule has 0 bridgehead atoms. The van der Waals surface area contributed by atoms with Gasteiger partial charge in [0.1, 0.15) is 6.54 Å². The lowest BCUT2D eigenvalue weighted by molar-refractivity contribution is 0.387. The van der Waals surface area contributed by atoms with Crippen LogP contribution < -0.4 is 10.6 Å². The maximum Gasteiger partial charge on any atom is 0.223 e. The molecule has 0 aliphatic heterocycles. The van der Waals surface area contributed by atoms with Crippen LogP contribution in [0.15, 0.2) is 33.9 Å². The van der Waals surface area contributed by atoms with Crippen molar-refractivity contribution in [2.75, 3.05) is 13.1 Å². The summed E-state index contributed by atoms with van der Waals surface area (Å²) in [5, 5.41) is 11.8. The number of hydrogen-bond donors (Lipinski definition) is 3. The summed E-state index contributed by atoms with van der Waals surface area (Å²) in [7, 11) is 0. The quantitative estimate of drug-likeness (QED) is 0.474. The topological polar surface area (TPSA) is 91.1 Å². The standard InChI is InChI=1S/C18H24N6O/c1-4-19-18(22-11-16-23-13(3)25-24-16)20-9-8-14-10-21-15-7-5-6-12(2)17(14)15/h5-7,10,21H,4,8-9,11H2,1-3H3,(H2,19,20,22). The van der Waals surface area contributed by atoms with Gasteiger partial charge in [0.05, 0.1) is 0 Å². The van der Waals surface area contributed by atoms with Gasteiger partial charge in [0.25, 0.3) is 0 Å². The Morgan fingerprint density at radius 2 is 2.16 bits per heavy atom. The zero-order valence-corrected chi connectivity index (χ0v) is 14.9. The fourth-order valence-electron chi connectivity index (χ4n) is 2.86. The van der Waals surface area contributed by atoms with Crippen molar-refractivity contribution in [1.29, 1.82) is 0 Å². The summed E-state index contributed by atoms with van der Waals surface area (Å²) in [5.41, 5.74) is 3.79. The van der Waals surface area contributed by atoms with Crippen LogP contribution in [-0.4, -0.2) is 34.2 Å². The average molecular weight is 340 g/mol. The van der Waals surface area contributed by atoms with Crippen LogP contribution in [0.3, 0.4) is 0 Å². The molecule has 0 aliphatic rings.